The van der Waals surface area contributed by atoms with Crippen LogP contribution in [-0.4, -0.2) is 23.8 Å². The highest BCUT2D eigenvalue weighted by Gasteiger charge is 2.16. The van der Waals surface area contributed by atoms with Gasteiger partial charge in [0.05, 0.1) is 6.10 Å². The number of rotatable bonds is 0. The molecular weight excluding hydrogens is 102 g/mol. The van der Waals surface area contributed by atoms with Crippen LogP contribution in [0.1, 0.15) is 19.8 Å². The third-order valence-corrected chi connectivity index (χ3v) is 1.72. The van der Waals surface area contributed by atoms with E-state index in [9.17, 15) is 0 Å². The van der Waals surface area contributed by atoms with E-state index in [-0.39, 0.29) is 6.10 Å². The monoisotopic (exact) mass is 115 g/mol. The van der Waals surface area contributed by atoms with Gasteiger partial charge in [-0.25, -0.2) is 0 Å². The predicted molar refractivity (Wildman–Crippen MR) is 32.7 cm³/mol. The molecule has 0 amide bonds. The van der Waals surface area contributed by atoms with Crippen LogP contribution in [0.4, 0.5) is 0 Å². The van der Waals surface area contributed by atoms with E-state index in [4.69, 9.17) is 5.11 Å². The van der Waals surface area contributed by atoms with Crippen LogP contribution >= 0.6 is 0 Å². The van der Waals surface area contributed by atoms with Crippen molar-refractivity contribution in [1.82, 2.24) is 5.32 Å². The number of nitrogens with one attached hydrogen (secondary N) is 1. The minimum absolute atomic E-state index is 0.108. The fourth-order valence-corrected chi connectivity index (χ4v) is 1.03. The topological polar surface area (TPSA) is 32.3 Å². The van der Waals surface area contributed by atoms with E-state index in [0.29, 0.717) is 6.04 Å². The Kier molecular flexibility index (Phi) is 1.86. The molecule has 1 rings (SSSR count). The highest BCUT2D eigenvalue weighted by Crippen LogP contribution is 2.06. The molecule has 1 aliphatic heterocycles. The Bertz CT molecular complexity index is 64.9. The zero-order valence-corrected chi connectivity index (χ0v) is 5.22. The van der Waals surface area contributed by atoms with Gasteiger partial charge in [0.1, 0.15) is 0 Å². The largest absolute Gasteiger partial charge is 0.392 e. The van der Waals surface area contributed by atoms with Crippen molar-refractivity contribution in [3.63, 3.8) is 0 Å². The molecule has 0 aliphatic carbocycles. The molecule has 2 heteroatoms. The van der Waals surface area contributed by atoms with Crippen molar-refractivity contribution < 1.29 is 5.11 Å². The predicted octanol–water partition coefficient (Wildman–Crippen LogP) is 0.119. The molecule has 2 N–H and O–H groups in total. The molecule has 1 saturated heterocycles. The average Bonchev–Trinajstić information content (AvgIpc) is 1.77. The molecule has 0 radical (unpaired) electrons. The fourth-order valence-electron chi connectivity index (χ4n) is 1.03. The lowest BCUT2D eigenvalue weighted by Crippen LogP contribution is -2.42. The third kappa shape index (κ3) is 1.20. The van der Waals surface area contributed by atoms with E-state index in [2.05, 4.69) is 5.32 Å². The molecule has 2 nitrogen and oxygen atoms in total. The summed E-state index contributed by atoms with van der Waals surface area (Å²) in [6, 6.07) is 0.309. The molecule has 1 heterocycles. The normalized spacial score (nSPS) is 39.8. The summed E-state index contributed by atoms with van der Waals surface area (Å²) < 4.78 is 0. The maximum atomic E-state index is 9.12. The molecule has 1 aliphatic rings. The molecular formula is C6H13NO. The summed E-state index contributed by atoms with van der Waals surface area (Å²) in [7, 11) is 0. The summed E-state index contributed by atoms with van der Waals surface area (Å²) in [5.74, 6) is 0. The van der Waals surface area contributed by atoms with Gasteiger partial charge in [0.25, 0.3) is 0 Å². The van der Waals surface area contributed by atoms with Crippen LogP contribution in [0.2, 0.25) is 0 Å². The summed E-state index contributed by atoms with van der Waals surface area (Å²) in [6.07, 6.45) is 1.98. The van der Waals surface area contributed by atoms with E-state index in [1.807, 2.05) is 6.92 Å². The lowest BCUT2D eigenvalue weighted by molar-refractivity contribution is 0.104. The van der Waals surface area contributed by atoms with Crippen molar-refractivity contribution in [2.45, 2.75) is 31.9 Å². The second-order valence-electron chi connectivity index (χ2n) is 2.45. The second-order valence-corrected chi connectivity index (χ2v) is 2.45. The van der Waals surface area contributed by atoms with Crippen molar-refractivity contribution >= 4 is 0 Å². The summed E-state index contributed by atoms with van der Waals surface area (Å²) in [5, 5.41) is 12.3. The van der Waals surface area contributed by atoms with Crippen LogP contribution in [0.25, 0.3) is 0 Å². The molecule has 0 unspecified atom stereocenters. The van der Waals surface area contributed by atoms with Crippen LogP contribution in [0.5, 0.6) is 0 Å². The third-order valence-electron chi connectivity index (χ3n) is 1.72. The Morgan fingerprint density at radius 3 is 2.75 bits per heavy atom. The molecule has 0 spiro atoms. The molecule has 48 valence electrons. The maximum absolute atomic E-state index is 9.12. The maximum Gasteiger partial charge on any atom is 0.0690 e. The highest BCUT2D eigenvalue weighted by atomic mass is 16.3. The van der Waals surface area contributed by atoms with Gasteiger partial charge in [-0.15, -0.1) is 0 Å². The van der Waals surface area contributed by atoms with Gasteiger partial charge >= 0.3 is 0 Å². The summed E-state index contributed by atoms with van der Waals surface area (Å²) in [6.45, 7) is 3.09. The first kappa shape index (κ1) is 6.05. The van der Waals surface area contributed by atoms with Gasteiger partial charge in [0.15, 0.2) is 0 Å². The van der Waals surface area contributed by atoms with Gasteiger partial charge < -0.3 is 10.4 Å². The molecule has 1 fully saturated rings. The van der Waals surface area contributed by atoms with E-state index in [1.165, 1.54) is 0 Å². The van der Waals surface area contributed by atoms with Crippen molar-refractivity contribution in [3.8, 4) is 0 Å². The molecule has 0 aromatic heterocycles. The standard InChI is InChI=1S/C6H13NO/c1-5-6(8)3-2-4-7-5/h5-8H,2-4H2,1H3/t5-,6+/m0/s1. The van der Waals surface area contributed by atoms with E-state index >= 15 is 0 Å². The number of aliphatic hydroxyl groups excluding tert-OH is 1. The lowest BCUT2D eigenvalue weighted by atomic mass is 10.0. The van der Waals surface area contributed by atoms with Gasteiger partial charge in [-0.05, 0) is 26.3 Å². The minimum atomic E-state index is -0.108. The van der Waals surface area contributed by atoms with E-state index in [1.54, 1.807) is 0 Å². The molecule has 0 aromatic carbocycles. The zero-order chi connectivity index (χ0) is 5.98. The zero-order valence-electron chi connectivity index (χ0n) is 5.22. The van der Waals surface area contributed by atoms with Crippen molar-refractivity contribution in [3.05, 3.63) is 0 Å². The van der Waals surface area contributed by atoms with Crippen LogP contribution in [0, 0.1) is 0 Å². The van der Waals surface area contributed by atoms with Gasteiger partial charge in [-0.2, -0.15) is 0 Å². The minimum Gasteiger partial charge on any atom is -0.392 e. The van der Waals surface area contributed by atoms with E-state index in [0.717, 1.165) is 19.4 Å². The first-order valence-corrected chi connectivity index (χ1v) is 3.22. The fraction of sp³-hybridized carbons (Fsp3) is 1.00. The number of hydrogen-bond donors (Lipinski definition) is 2. The smallest absolute Gasteiger partial charge is 0.0690 e. The van der Waals surface area contributed by atoms with Crippen molar-refractivity contribution in [1.29, 1.82) is 0 Å². The van der Waals surface area contributed by atoms with Crippen molar-refractivity contribution in [2.24, 2.45) is 0 Å². The Labute approximate surface area is 49.9 Å². The Morgan fingerprint density at radius 1 is 1.62 bits per heavy atom. The molecule has 8 heavy (non-hydrogen) atoms. The first-order valence-electron chi connectivity index (χ1n) is 3.22. The number of hydrogen-bond acceptors (Lipinski definition) is 2. The van der Waals surface area contributed by atoms with Crippen LogP contribution in [-0.2, 0) is 0 Å². The number of aliphatic hydroxyl groups is 1. The molecule has 2 atom stereocenters. The van der Waals surface area contributed by atoms with Crippen LogP contribution < -0.4 is 5.32 Å². The first-order chi connectivity index (χ1) is 3.80. The van der Waals surface area contributed by atoms with Gasteiger partial charge in [-0.1, -0.05) is 0 Å². The van der Waals surface area contributed by atoms with Gasteiger partial charge in [-0.3, -0.25) is 0 Å². The average molecular weight is 115 g/mol. The molecule has 0 bridgehead atoms. The van der Waals surface area contributed by atoms with Crippen molar-refractivity contribution in [2.75, 3.05) is 6.54 Å². The van der Waals surface area contributed by atoms with Crippen LogP contribution in [0.3, 0.4) is 0 Å². The van der Waals surface area contributed by atoms with Crippen LogP contribution in [0.15, 0.2) is 0 Å². The van der Waals surface area contributed by atoms with Gasteiger partial charge in [0.2, 0.25) is 0 Å². The molecule has 0 saturated carbocycles. The highest BCUT2D eigenvalue weighted by molar-refractivity contribution is 4.75. The summed E-state index contributed by atoms with van der Waals surface area (Å²) in [5.41, 5.74) is 0. The van der Waals surface area contributed by atoms with E-state index < -0.39 is 0 Å². The SMILES string of the molecule is C[C@@H]1NCCC[C@H]1O. The number of piperidine rings is 1. The second kappa shape index (κ2) is 2.46. The molecule has 0 aromatic rings. The Hall–Kier alpha value is -0.0800. The summed E-state index contributed by atoms with van der Waals surface area (Å²) in [4.78, 5) is 0. The Balaban J connectivity index is 2.28. The Morgan fingerprint density at radius 2 is 2.38 bits per heavy atom. The van der Waals surface area contributed by atoms with Gasteiger partial charge in [0, 0.05) is 6.04 Å². The quantitative estimate of drug-likeness (QED) is 0.470. The lowest BCUT2D eigenvalue weighted by Gasteiger charge is -2.25. The summed E-state index contributed by atoms with van der Waals surface area (Å²) >= 11 is 0.